The summed E-state index contributed by atoms with van der Waals surface area (Å²) in [6, 6.07) is 9.88. The summed E-state index contributed by atoms with van der Waals surface area (Å²) in [6.45, 7) is 3.25. The number of rotatable bonds is 4. The summed E-state index contributed by atoms with van der Waals surface area (Å²) < 4.78 is 27.6. The molecule has 2 aromatic rings. The zero-order valence-electron chi connectivity index (χ0n) is 11.7. The molecule has 0 aromatic heterocycles. The van der Waals surface area contributed by atoms with E-state index < -0.39 is 10.0 Å². The Kier molecular flexibility index (Phi) is 4.56. The second-order valence-electron chi connectivity index (χ2n) is 4.78. The Bertz CT molecular complexity index is 772. The first-order chi connectivity index (χ1) is 9.85. The Labute approximate surface area is 129 Å². The molecule has 0 atom stereocenters. The SMILES string of the molecule is Cc1ccc(CO)cc1S(=O)(=O)Nc1cccc(Cl)c1C. The Morgan fingerprint density at radius 1 is 1.19 bits per heavy atom. The standard InChI is InChI=1S/C15H16ClNO3S/c1-10-6-7-12(9-18)8-15(10)21(19,20)17-14-5-3-4-13(16)11(14)2/h3-8,17-18H,9H2,1-2H3. The Hall–Kier alpha value is -1.56. The van der Waals surface area contributed by atoms with E-state index in [1.807, 2.05) is 0 Å². The highest BCUT2D eigenvalue weighted by molar-refractivity contribution is 7.92. The minimum atomic E-state index is -3.74. The molecule has 0 aliphatic carbocycles. The third kappa shape index (κ3) is 3.37. The number of sulfonamides is 1. The molecule has 0 bridgehead atoms. The van der Waals surface area contributed by atoms with Crippen LogP contribution in [0.2, 0.25) is 5.02 Å². The van der Waals surface area contributed by atoms with Crippen LogP contribution in [-0.2, 0) is 16.6 Å². The zero-order chi connectivity index (χ0) is 15.6. The lowest BCUT2D eigenvalue weighted by atomic mass is 10.2. The van der Waals surface area contributed by atoms with Gasteiger partial charge in [0.05, 0.1) is 17.2 Å². The van der Waals surface area contributed by atoms with Gasteiger partial charge in [-0.05, 0) is 48.7 Å². The van der Waals surface area contributed by atoms with Crippen LogP contribution in [0.4, 0.5) is 5.69 Å². The maximum atomic E-state index is 12.5. The van der Waals surface area contributed by atoms with Gasteiger partial charge in [-0.1, -0.05) is 29.8 Å². The normalized spacial score (nSPS) is 11.4. The van der Waals surface area contributed by atoms with E-state index in [0.717, 1.165) is 0 Å². The van der Waals surface area contributed by atoms with Crippen LogP contribution in [0.25, 0.3) is 0 Å². The molecule has 2 rings (SSSR count). The van der Waals surface area contributed by atoms with E-state index in [0.29, 0.717) is 27.4 Å². The smallest absolute Gasteiger partial charge is 0.262 e. The van der Waals surface area contributed by atoms with Crippen LogP contribution in [0.3, 0.4) is 0 Å². The predicted octanol–water partition coefficient (Wildman–Crippen LogP) is 3.25. The predicted molar refractivity (Wildman–Crippen MR) is 84.1 cm³/mol. The van der Waals surface area contributed by atoms with E-state index >= 15 is 0 Å². The van der Waals surface area contributed by atoms with Crippen molar-refractivity contribution in [2.24, 2.45) is 0 Å². The van der Waals surface area contributed by atoms with Gasteiger partial charge in [0.2, 0.25) is 0 Å². The lowest BCUT2D eigenvalue weighted by molar-refractivity contribution is 0.281. The minimum absolute atomic E-state index is 0.147. The number of benzene rings is 2. The van der Waals surface area contributed by atoms with Crippen LogP contribution >= 0.6 is 11.6 Å². The zero-order valence-corrected chi connectivity index (χ0v) is 13.3. The van der Waals surface area contributed by atoms with Gasteiger partial charge in [0.1, 0.15) is 0 Å². The molecule has 0 aliphatic heterocycles. The van der Waals surface area contributed by atoms with E-state index in [1.165, 1.54) is 6.07 Å². The number of halogens is 1. The summed E-state index contributed by atoms with van der Waals surface area (Å²) in [7, 11) is -3.74. The molecule has 0 unspecified atom stereocenters. The van der Waals surface area contributed by atoms with Gasteiger partial charge in [-0.15, -0.1) is 0 Å². The van der Waals surface area contributed by atoms with Gasteiger partial charge in [-0.3, -0.25) is 4.72 Å². The molecule has 21 heavy (non-hydrogen) atoms. The van der Waals surface area contributed by atoms with Crippen molar-refractivity contribution in [2.45, 2.75) is 25.3 Å². The number of nitrogens with one attached hydrogen (secondary N) is 1. The van der Waals surface area contributed by atoms with E-state index in [-0.39, 0.29) is 11.5 Å². The molecular weight excluding hydrogens is 310 g/mol. The van der Waals surface area contributed by atoms with Crippen molar-refractivity contribution >= 4 is 27.3 Å². The van der Waals surface area contributed by atoms with Gasteiger partial charge >= 0.3 is 0 Å². The van der Waals surface area contributed by atoms with Crippen molar-refractivity contribution in [3.63, 3.8) is 0 Å². The fourth-order valence-electron chi connectivity index (χ4n) is 1.95. The molecule has 0 amide bonds. The summed E-state index contributed by atoms with van der Waals surface area (Å²) in [4.78, 5) is 0.147. The van der Waals surface area contributed by atoms with Crippen LogP contribution in [0.5, 0.6) is 0 Å². The molecule has 2 N–H and O–H groups in total. The van der Waals surface area contributed by atoms with E-state index in [9.17, 15) is 8.42 Å². The fourth-order valence-corrected chi connectivity index (χ4v) is 3.54. The van der Waals surface area contributed by atoms with Gasteiger partial charge in [0.25, 0.3) is 10.0 Å². The molecule has 0 aliphatic rings. The van der Waals surface area contributed by atoms with Crippen LogP contribution in [0, 0.1) is 13.8 Å². The number of aliphatic hydroxyl groups is 1. The molecule has 6 heteroatoms. The second kappa shape index (κ2) is 6.05. The highest BCUT2D eigenvalue weighted by Crippen LogP contribution is 2.26. The van der Waals surface area contributed by atoms with Crippen LogP contribution in [0.15, 0.2) is 41.3 Å². The van der Waals surface area contributed by atoms with Crippen LogP contribution in [-0.4, -0.2) is 13.5 Å². The molecule has 2 aromatic carbocycles. The van der Waals surface area contributed by atoms with Gasteiger partial charge in [0.15, 0.2) is 0 Å². The summed E-state index contributed by atoms with van der Waals surface area (Å²) in [5.74, 6) is 0. The van der Waals surface area contributed by atoms with Crippen molar-refractivity contribution in [1.29, 1.82) is 0 Å². The van der Waals surface area contributed by atoms with Crippen molar-refractivity contribution in [2.75, 3.05) is 4.72 Å². The lowest BCUT2D eigenvalue weighted by Gasteiger charge is -2.13. The quantitative estimate of drug-likeness (QED) is 0.906. The molecule has 4 nitrogen and oxygen atoms in total. The Balaban J connectivity index is 2.46. The van der Waals surface area contributed by atoms with Gasteiger partial charge < -0.3 is 5.11 Å². The molecule has 112 valence electrons. The third-order valence-electron chi connectivity index (χ3n) is 3.24. The van der Waals surface area contributed by atoms with Crippen molar-refractivity contribution in [3.8, 4) is 0 Å². The topological polar surface area (TPSA) is 66.4 Å². The molecule has 0 fully saturated rings. The highest BCUT2D eigenvalue weighted by Gasteiger charge is 2.18. The number of hydrogen-bond donors (Lipinski definition) is 2. The van der Waals surface area contributed by atoms with Crippen molar-refractivity contribution < 1.29 is 13.5 Å². The van der Waals surface area contributed by atoms with E-state index in [2.05, 4.69) is 4.72 Å². The maximum absolute atomic E-state index is 12.5. The van der Waals surface area contributed by atoms with Gasteiger partial charge in [-0.2, -0.15) is 0 Å². The van der Waals surface area contributed by atoms with Gasteiger partial charge in [0, 0.05) is 5.02 Å². The van der Waals surface area contributed by atoms with Crippen molar-refractivity contribution in [1.82, 2.24) is 0 Å². The van der Waals surface area contributed by atoms with Crippen LogP contribution in [0.1, 0.15) is 16.7 Å². The molecule has 0 saturated heterocycles. The van der Waals surface area contributed by atoms with E-state index in [1.54, 1.807) is 44.2 Å². The first-order valence-electron chi connectivity index (χ1n) is 6.33. The fraction of sp³-hybridized carbons (Fsp3) is 0.200. The average molecular weight is 326 g/mol. The summed E-state index contributed by atoms with van der Waals surface area (Å²) >= 11 is 6.00. The Morgan fingerprint density at radius 2 is 1.90 bits per heavy atom. The Morgan fingerprint density at radius 3 is 2.57 bits per heavy atom. The third-order valence-corrected chi connectivity index (χ3v) is 5.15. The largest absolute Gasteiger partial charge is 0.392 e. The second-order valence-corrected chi connectivity index (χ2v) is 6.83. The monoisotopic (exact) mass is 325 g/mol. The summed E-state index contributed by atoms with van der Waals surface area (Å²) in [5.41, 5.74) is 2.26. The molecule has 0 spiro atoms. The summed E-state index contributed by atoms with van der Waals surface area (Å²) in [5, 5.41) is 9.65. The van der Waals surface area contributed by atoms with Gasteiger partial charge in [-0.25, -0.2) is 8.42 Å². The van der Waals surface area contributed by atoms with Crippen LogP contribution < -0.4 is 4.72 Å². The lowest BCUT2D eigenvalue weighted by Crippen LogP contribution is -2.15. The molecule has 0 heterocycles. The number of anilines is 1. The molecule has 0 saturated carbocycles. The first kappa shape index (κ1) is 15.8. The molecular formula is C15H16ClNO3S. The van der Waals surface area contributed by atoms with Crippen molar-refractivity contribution in [3.05, 3.63) is 58.1 Å². The molecule has 0 radical (unpaired) electrons. The highest BCUT2D eigenvalue weighted by atomic mass is 35.5. The van der Waals surface area contributed by atoms with E-state index in [4.69, 9.17) is 16.7 Å². The number of hydrogen-bond acceptors (Lipinski definition) is 3. The average Bonchev–Trinajstić information content (AvgIpc) is 2.44. The summed E-state index contributed by atoms with van der Waals surface area (Å²) in [6.07, 6.45) is 0. The number of aliphatic hydroxyl groups excluding tert-OH is 1. The first-order valence-corrected chi connectivity index (χ1v) is 8.19. The maximum Gasteiger partial charge on any atom is 0.262 e. The minimum Gasteiger partial charge on any atom is -0.392 e. The number of aryl methyl sites for hydroxylation is 1.